The van der Waals surface area contributed by atoms with Crippen LogP contribution in [0.4, 0.5) is 5.69 Å². The number of sulfonamides is 1. The van der Waals surface area contributed by atoms with Gasteiger partial charge in [-0.3, -0.25) is 13.9 Å². The highest BCUT2D eigenvalue weighted by atomic mass is 35.5. The molecule has 3 aromatic rings. The van der Waals surface area contributed by atoms with Gasteiger partial charge in [-0.2, -0.15) is 0 Å². The van der Waals surface area contributed by atoms with E-state index in [2.05, 4.69) is 5.32 Å². The molecule has 0 bridgehead atoms. The SMILES string of the molecule is CCOc1ccccc1N(CC(=O)N(Cc1ccc(Cl)cc1Cl)[C@H](C)C(=O)NCC(C)C)S(=O)(=O)c1ccc(Cl)cc1. The number of nitrogens with one attached hydrogen (secondary N) is 1. The summed E-state index contributed by atoms with van der Waals surface area (Å²) in [6.45, 7) is 7.26. The van der Waals surface area contributed by atoms with Crippen LogP contribution in [0.1, 0.15) is 33.3 Å². The Kier molecular flexibility index (Phi) is 11.9. The fourth-order valence-corrected chi connectivity index (χ4v) is 6.08. The Labute approximate surface area is 262 Å². The number of benzene rings is 3. The van der Waals surface area contributed by atoms with Gasteiger partial charge in [0.05, 0.1) is 17.2 Å². The van der Waals surface area contributed by atoms with Gasteiger partial charge in [-0.15, -0.1) is 0 Å². The van der Waals surface area contributed by atoms with E-state index in [1.165, 1.54) is 29.2 Å². The summed E-state index contributed by atoms with van der Waals surface area (Å²) in [6, 6.07) is 16.1. The second kappa shape index (κ2) is 15.0. The average molecular weight is 655 g/mol. The van der Waals surface area contributed by atoms with Gasteiger partial charge in [0, 0.05) is 28.2 Å². The molecule has 0 aliphatic rings. The van der Waals surface area contributed by atoms with Crippen LogP contribution in [0.3, 0.4) is 0 Å². The molecule has 12 heteroatoms. The summed E-state index contributed by atoms with van der Waals surface area (Å²) in [7, 11) is -4.29. The largest absolute Gasteiger partial charge is 0.492 e. The van der Waals surface area contributed by atoms with E-state index in [4.69, 9.17) is 39.5 Å². The van der Waals surface area contributed by atoms with E-state index in [1.807, 2.05) is 13.8 Å². The lowest BCUT2D eigenvalue weighted by atomic mass is 10.1. The van der Waals surface area contributed by atoms with Crippen molar-refractivity contribution in [3.8, 4) is 5.75 Å². The number of hydrogen-bond donors (Lipinski definition) is 1. The Bertz CT molecular complexity index is 1500. The Morgan fingerprint density at radius 3 is 2.19 bits per heavy atom. The first kappa shape index (κ1) is 33.5. The third kappa shape index (κ3) is 8.53. The van der Waals surface area contributed by atoms with Crippen LogP contribution in [-0.4, -0.2) is 50.9 Å². The number of carbonyl (C=O) groups excluding carboxylic acids is 2. The number of halogens is 3. The highest BCUT2D eigenvalue weighted by molar-refractivity contribution is 7.92. The fourth-order valence-electron chi connectivity index (χ4n) is 4.06. The van der Waals surface area contributed by atoms with E-state index in [9.17, 15) is 18.0 Å². The van der Waals surface area contributed by atoms with E-state index < -0.39 is 28.5 Å². The van der Waals surface area contributed by atoms with Crippen molar-refractivity contribution in [3.63, 3.8) is 0 Å². The van der Waals surface area contributed by atoms with Crippen LogP contribution in [0.25, 0.3) is 0 Å². The monoisotopic (exact) mass is 653 g/mol. The van der Waals surface area contributed by atoms with Crippen LogP contribution in [0, 0.1) is 5.92 Å². The molecule has 2 amide bonds. The van der Waals surface area contributed by atoms with Gasteiger partial charge in [0.25, 0.3) is 10.0 Å². The van der Waals surface area contributed by atoms with Crippen molar-refractivity contribution in [2.24, 2.45) is 5.92 Å². The van der Waals surface area contributed by atoms with Gasteiger partial charge in [0.15, 0.2) is 0 Å². The molecule has 0 radical (unpaired) electrons. The highest BCUT2D eigenvalue weighted by Gasteiger charge is 2.34. The zero-order chi connectivity index (χ0) is 31.0. The Balaban J connectivity index is 2.09. The van der Waals surface area contributed by atoms with Crippen molar-refractivity contribution >= 4 is 62.3 Å². The lowest BCUT2D eigenvalue weighted by Crippen LogP contribution is -2.51. The second-order valence-corrected chi connectivity index (χ2v) is 13.1. The normalized spacial score (nSPS) is 12.1. The summed E-state index contributed by atoms with van der Waals surface area (Å²) in [5.41, 5.74) is 0.712. The third-order valence-corrected chi connectivity index (χ3v) is 8.93. The quantitative estimate of drug-likeness (QED) is 0.229. The van der Waals surface area contributed by atoms with E-state index >= 15 is 0 Å². The smallest absolute Gasteiger partial charge is 0.264 e. The highest BCUT2D eigenvalue weighted by Crippen LogP contribution is 2.33. The summed E-state index contributed by atoms with van der Waals surface area (Å²) in [6.07, 6.45) is 0. The molecule has 0 heterocycles. The minimum Gasteiger partial charge on any atom is -0.492 e. The number of nitrogens with zero attached hydrogens (tertiary/aromatic N) is 2. The topological polar surface area (TPSA) is 96.0 Å². The molecule has 0 aliphatic carbocycles. The maximum absolute atomic E-state index is 14.1. The zero-order valence-corrected chi connectivity index (χ0v) is 26.9. The molecule has 0 aromatic heterocycles. The summed E-state index contributed by atoms with van der Waals surface area (Å²) < 4.78 is 34.8. The van der Waals surface area contributed by atoms with Crippen molar-refractivity contribution in [1.82, 2.24) is 10.2 Å². The fraction of sp³-hybridized carbons (Fsp3) is 0.333. The molecule has 226 valence electrons. The van der Waals surface area contributed by atoms with Crippen molar-refractivity contribution in [1.29, 1.82) is 0 Å². The van der Waals surface area contributed by atoms with Crippen LogP contribution in [0.2, 0.25) is 15.1 Å². The minimum atomic E-state index is -4.29. The van der Waals surface area contributed by atoms with Gasteiger partial charge < -0.3 is 15.0 Å². The molecule has 42 heavy (non-hydrogen) atoms. The molecular formula is C30H34Cl3N3O5S. The zero-order valence-electron chi connectivity index (χ0n) is 23.8. The molecule has 0 saturated heterocycles. The number of amides is 2. The Morgan fingerprint density at radius 1 is 0.929 bits per heavy atom. The predicted molar refractivity (Wildman–Crippen MR) is 168 cm³/mol. The van der Waals surface area contributed by atoms with E-state index in [0.717, 1.165) is 4.31 Å². The van der Waals surface area contributed by atoms with Gasteiger partial charge in [0.1, 0.15) is 18.3 Å². The van der Waals surface area contributed by atoms with Gasteiger partial charge >= 0.3 is 0 Å². The third-order valence-electron chi connectivity index (χ3n) is 6.32. The van der Waals surface area contributed by atoms with Crippen LogP contribution in [0.15, 0.2) is 71.6 Å². The number of anilines is 1. The van der Waals surface area contributed by atoms with E-state index in [-0.39, 0.29) is 41.3 Å². The molecule has 0 unspecified atom stereocenters. The number of hydrogen-bond acceptors (Lipinski definition) is 5. The summed E-state index contributed by atoms with van der Waals surface area (Å²) >= 11 is 18.5. The first-order chi connectivity index (χ1) is 19.8. The molecule has 0 saturated carbocycles. The summed E-state index contributed by atoms with van der Waals surface area (Å²) in [5.74, 6) is -0.549. The average Bonchev–Trinajstić information content (AvgIpc) is 2.94. The maximum Gasteiger partial charge on any atom is 0.264 e. The number of carbonyl (C=O) groups is 2. The predicted octanol–water partition coefficient (Wildman–Crippen LogP) is 6.43. The molecule has 1 N–H and O–H groups in total. The van der Waals surface area contributed by atoms with Crippen LogP contribution < -0.4 is 14.4 Å². The summed E-state index contributed by atoms with van der Waals surface area (Å²) in [4.78, 5) is 28.5. The van der Waals surface area contributed by atoms with E-state index in [1.54, 1.807) is 56.3 Å². The lowest BCUT2D eigenvalue weighted by Gasteiger charge is -2.32. The first-order valence-electron chi connectivity index (χ1n) is 13.4. The molecule has 1 atom stereocenters. The number of para-hydroxylation sites is 2. The van der Waals surface area contributed by atoms with Gasteiger partial charge in [0.2, 0.25) is 11.8 Å². The second-order valence-electron chi connectivity index (χ2n) is 9.94. The van der Waals surface area contributed by atoms with Crippen LogP contribution in [-0.2, 0) is 26.2 Å². The molecule has 0 aliphatic heterocycles. The van der Waals surface area contributed by atoms with Crippen molar-refractivity contribution in [2.45, 2.75) is 45.2 Å². The summed E-state index contributed by atoms with van der Waals surface area (Å²) in [5, 5.41) is 3.93. The molecule has 3 aromatic carbocycles. The molecule has 0 spiro atoms. The number of rotatable bonds is 13. The maximum atomic E-state index is 14.1. The van der Waals surface area contributed by atoms with Crippen LogP contribution >= 0.6 is 34.8 Å². The molecule has 8 nitrogen and oxygen atoms in total. The Morgan fingerprint density at radius 2 is 1.57 bits per heavy atom. The first-order valence-corrected chi connectivity index (χ1v) is 15.9. The van der Waals surface area contributed by atoms with Crippen molar-refractivity contribution in [3.05, 3.63) is 87.4 Å². The van der Waals surface area contributed by atoms with Crippen molar-refractivity contribution < 1.29 is 22.7 Å². The standard InChI is InChI=1S/C30H34Cl3N3O5S/c1-5-41-28-9-7-6-8-27(28)36(42(39,40)25-14-12-23(31)13-15-25)19-29(37)35(21(4)30(38)34-17-20(2)3)18-22-10-11-24(32)16-26(22)33/h6-16,20-21H,5,17-19H2,1-4H3,(H,34,38)/t21-/m1/s1. The molecule has 3 rings (SSSR count). The van der Waals surface area contributed by atoms with Gasteiger partial charge in [-0.1, -0.05) is 66.8 Å². The minimum absolute atomic E-state index is 0.0625. The van der Waals surface area contributed by atoms with Gasteiger partial charge in [-0.25, -0.2) is 8.42 Å². The lowest BCUT2D eigenvalue weighted by molar-refractivity contribution is -0.139. The van der Waals surface area contributed by atoms with E-state index in [0.29, 0.717) is 27.2 Å². The number of ether oxygens (including phenoxy) is 1. The van der Waals surface area contributed by atoms with Crippen LogP contribution in [0.5, 0.6) is 5.75 Å². The molecular weight excluding hydrogens is 621 g/mol. The van der Waals surface area contributed by atoms with Gasteiger partial charge in [-0.05, 0) is 73.9 Å². The Hall–Kier alpha value is -2.98. The van der Waals surface area contributed by atoms with Crippen molar-refractivity contribution in [2.75, 3.05) is 24.0 Å². The molecule has 0 fully saturated rings.